The normalized spacial score (nSPS) is 11.5. The van der Waals surface area contributed by atoms with Gasteiger partial charge in [0.15, 0.2) is 11.4 Å². The van der Waals surface area contributed by atoms with Gasteiger partial charge in [-0.1, -0.05) is 115 Å². The van der Waals surface area contributed by atoms with Crippen LogP contribution in [0, 0.1) is 31.4 Å². The van der Waals surface area contributed by atoms with Gasteiger partial charge in [-0.25, -0.2) is 9.69 Å². The maximum atomic E-state index is 14.7. The van der Waals surface area contributed by atoms with Crippen LogP contribution in [0.4, 0.5) is 24.5 Å². The predicted molar refractivity (Wildman–Crippen MR) is 264 cm³/mol. The maximum Gasteiger partial charge on any atom is 0.416 e. The number of nitriles is 1. The molecule has 9 aromatic carbocycles. The van der Waals surface area contributed by atoms with E-state index >= 15 is 0 Å². The third-order valence-corrected chi connectivity index (χ3v) is 12.7. The van der Waals surface area contributed by atoms with E-state index in [4.69, 9.17) is 13.1 Å². The fraction of sp³-hybridized carbons (Fsp3) is 0.0339. The zero-order chi connectivity index (χ0) is 46.0. The smallest absolute Gasteiger partial charge is 0.310 e. The fourth-order valence-electron chi connectivity index (χ4n) is 9.69. The Balaban J connectivity index is 1.24. The molecule has 2 heterocycles. The number of benzene rings is 9. The average molecular weight is 870 g/mol. The van der Waals surface area contributed by atoms with Gasteiger partial charge < -0.3 is 9.13 Å². The summed E-state index contributed by atoms with van der Waals surface area (Å²) in [5.74, 6) is 0. The van der Waals surface area contributed by atoms with Crippen LogP contribution in [-0.4, -0.2) is 9.13 Å². The highest BCUT2D eigenvalue weighted by Crippen LogP contribution is 2.49. The van der Waals surface area contributed by atoms with Gasteiger partial charge in [0, 0.05) is 38.4 Å². The van der Waals surface area contributed by atoms with Crippen molar-refractivity contribution in [2.75, 3.05) is 0 Å². The molecule has 0 amide bonds. The van der Waals surface area contributed by atoms with E-state index in [1.165, 1.54) is 6.07 Å². The largest absolute Gasteiger partial charge is 0.416 e. The van der Waals surface area contributed by atoms with Gasteiger partial charge in [0.1, 0.15) is 0 Å². The van der Waals surface area contributed by atoms with Crippen LogP contribution >= 0.6 is 0 Å². The molecule has 0 N–H and O–H groups in total. The Bertz CT molecular complexity index is 3950. The summed E-state index contributed by atoms with van der Waals surface area (Å²) in [6, 6.07) is 61.4. The van der Waals surface area contributed by atoms with Crippen LogP contribution < -0.4 is 0 Å². The highest BCUT2D eigenvalue weighted by molar-refractivity contribution is 6.14. The van der Waals surface area contributed by atoms with Gasteiger partial charge in [0.25, 0.3) is 0 Å². The molecule has 0 aliphatic heterocycles. The van der Waals surface area contributed by atoms with Crippen LogP contribution in [0.1, 0.15) is 16.7 Å². The third kappa shape index (κ3) is 6.78. The lowest BCUT2D eigenvalue weighted by atomic mass is 9.89. The molecule has 0 fully saturated rings. The molecule has 0 aliphatic carbocycles. The minimum atomic E-state index is -4.60. The summed E-state index contributed by atoms with van der Waals surface area (Å²) in [7, 11) is 0. The first-order chi connectivity index (χ1) is 32.6. The van der Waals surface area contributed by atoms with Gasteiger partial charge in [-0.3, -0.25) is 0 Å². The van der Waals surface area contributed by atoms with Gasteiger partial charge in [-0.2, -0.15) is 18.4 Å². The van der Waals surface area contributed by atoms with Gasteiger partial charge in [0.2, 0.25) is 0 Å². The molecule has 11 rings (SSSR count). The molecule has 0 unspecified atom stereocenters. The van der Waals surface area contributed by atoms with E-state index in [1.54, 1.807) is 31.2 Å². The second kappa shape index (κ2) is 15.8. The lowest BCUT2D eigenvalue weighted by Crippen LogP contribution is -2.06. The Kier molecular flexibility index (Phi) is 9.59. The lowest BCUT2D eigenvalue weighted by Gasteiger charge is -2.23. The van der Waals surface area contributed by atoms with Crippen molar-refractivity contribution in [3.63, 3.8) is 0 Å². The van der Waals surface area contributed by atoms with Crippen LogP contribution in [0.5, 0.6) is 0 Å². The Hall–Kier alpha value is -9.16. The molecular weight excluding hydrogens is 836 g/mol. The highest BCUT2D eigenvalue weighted by Gasteiger charge is 2.32. The number of aryl methyl sites for hydroxylation is 1. The highest BCUT2D eigenvalue weighted by atomic mass is 19.4. The van der Waals surface area contributed by atoms with E-state index in [-0.39, 0.29) is 0 Å². The van der Waals surface area contributed by atoms with Crippen LogP contribution in [0.25, 0.3) is 109 Å². The van der Waals surface area contributed by atoms with Gasteiger partial charge in [-0.05, 0) is 119 Å². The van der Waals surface area contributed by atoms with Crippen molar-refractivity contribution in [1.29, 1.82) is 5.26 Å². The number of hydrogen-bond donors (Lipinski definition) is 0. The van der Waals surface area contributed by atoms with Gasteiger partial charge in [0.05, 0.1) is 58.1 Å². The molecule has 0 saturated heterocycles. The van der Waals surface area contributed by atoms with E-state index in [0.717, 1.165) is 71.9 Å². The Morgan fingerprint density at radius 2 is 1.00 bits per heavy atom. The van der Waals surface area contributed by atoms with E-state index in [1.807, 2.05) is 103 Å². The Morgan fingerprint density at radius 1 is 0.478 bits per heavy atom. The number of para-hydroxylation sites is 2. The summed E-state index contributed by atoms with van der Waals surface area (Å²) < 4.78 is 48.4. The van der Waals surface area contributed by atoms with Crippen LogP contribution in [0.2, 0.25) is 0 Å². The molecule has 8 heteroatoms. The Morgan fingerprint density at radius 3 is 1.55 bits per heavy atom. The lowest BCUT2D eigenvalue weighted by molar-refractivity contribution is -0.137. The van der Waals surface area contributed by atoms with Gasteiger partial charge in [-0.15, -0.1) is 0 Å². The standard InChI is InChI=1S/C59H34F3N5/c1-36-30-42(32-43(31-36)59(60,61)62)45-12-8-16-55(66-51-14-6-4-10-46(51)48-33-40(24-28-53(48)66)38-20-18-37(35-63)19-21-38)57(45)58-50(65-3)13-9-17-56(58)67-52-15-7-5-11-47(52)49-34-41(25-29-54(49)67)39-22-26-44(64-2)27-23-39/h4-34H,1H3. The minimum Gasteiger partial charge on any atom is -0.310 e. The zero-order valence-electron chi connectivity index (χ0n) is 35.8. The molecule has 0 spiro atoms. The van der Waals surface area contributed by atoms with Crippen molar-refractivity contribution in [3.05, 3.63) is 228 Å². The van der Waals surface area contributed by atoms with Crippen molar-refractivity contribution >= 4 is 55.0 Å². The Labute approximate surface area is 383 Å². The molecule has 0 atom stereocenters. The number of fused-ring (bicyclic) bond motifs is 6. The second-order valence-electron chi connectivity index (χ2n) is 16.6. The first kappa shape index (κ1) is 40.6. The SMILES string of the molecule is [C-]#[N+]c1ccc(-c2ccc3c(c2)c2ccccc2n3-c2cccc([N+]#[C-])c2-c2c(-c3cc(C)cc(C(F)(F)F)c3)cccc2-n2c3ccccc3c3cc(-c4ccc(C#N)cc4)ccc32)cc1. The van der Waals surface area contributed by atoms with Gasteiger partial charge >= 0.3 is 6.18 Å². The predicted octanol–water partition coefficient (Wildman–Crippen LogP) is 16.8. The molecule has 5 nitrogen and oxygen atoms in total. The fourth-order valence-corrected chi connectivity index (χ4v) is 9.69. The van der Waals surface area contributed by atoms with Crippen molar-refractivity contribution in [1.82, 2.24) is 9.13 Å². The zero-order valence-corrected chi connectivity index (χ0v) is 35.8. The number of aromatic nitrogens is 2. The van der Waals surface area contributed by atoms with E-state index in [2.05, 4.69) is 73.4 Å². The quantitative estimate of drug-likeness (QED) is 0.154. The van der Waals surface area contributed by atoms with Crippen molar-refractivity contribution in [2.45, 2.75) is 13.1 Å². The van der Waals surface area contributed by atoms with E-state index in [9.17, 15) is 18.4 Å². The van der Waals surface area contributed by atoms with Crippen LogP contribution in [0.3, 0.4) is 0 Å². The van der Waals surface area contributed by atoms with Crippen molar-refractivity contribution in [2.24, 2.45) is 0 Å². The molecule has 0 saturated carbocycles. The summed E-state index contributed by atoms with van der Waals surface area (Å²) in [5, 5.41) is 13.4. The maximum absolute atomic E-state index is 14.7. The minimum absolute atomic E-state index is 0.334. The number of rotatable bonds is 6. The molecule has 316 valence electrons. The monoisotopic (exact) mass is 869 g/mol. The molecule has 2 aromatic heterocycles. The molecule has 11 aromatic rings. The number of halogens is 3. The number of nitrogens with zero attached hydrogens (tertiary/aromatic N) is 5. The number of hydrogen-bond acceptors (Lipinski definition) is 1. The summed E-state index contributed by atoms with van der Waals surface area (Å²) >= 11 is 0. The third-order valence-electron chi connectivity index (χ3n) is 12.7. The summed E-state index contributed by atoms with van der Waals surface area (Å²) in [6.45, 7) is 17.8. The molecule has 0 bridgehead atoms. The first-order valence-electron chi connectivity index (χ1n) is 21.5. The first-order valence-corrected chi connectivity index (χ1v) is 21.5. The van der Waals surface area contributed by atoms with Crippen molar-refractivity contribution < 1.29 is 13.2 Å². The summed E-state index contributed by atoms with van der Waals surface area (Å²) in [4.78, 5) is 7.73. The summed E-state index contributed by atoms with van der Waals surface area (Å²) in [5.41, 5.74) is 12.0. The summed E-state index contributed by atoms with van der Waals surface area (Å²) in [6.07, 6.45) is -4.60. The van der Waals surface area contributed by atoms with Crippen LogP contribution in [0.15, 0.2) is 188 Å². The molecule has 0 aliphatic rings. The molecule has 0 radical (unpaired) electrons. The van der Waals surface area contributed by atoms with Crippen molar-refractivity contribution in [3.8, 4) is 62.0 Å². The second-order valence-corrected chi connectivity index (χ2v) is 16.6. The van der Waals surface area contributed by atoms with E-state index in [0.29, 0.717) is 56.1 Å². The van der Waals surface area contributed by atoms with Crippen LogP contribution in [-0.2, 0) is 6.18 Å². The average Bonchev–Trinajstić information content (AvgIpc) is 3.87. The molecular formula is C59H34F3N5. The molecule has 67 heavy (non-hydrogen) atoms. The number of alkyl halides is 3. The van der Waals surface area contributed by atoms with E-state index < -0.39 is 11.7 Å². The topological polar surface area (TPSA) is 42.4 Å².